The normalized spacial score (nSPS) is 15.0. The predicted octanol–water partition coefficient (Wildman–Crippen LogP) is 3.95. The molecule has 2 N–H and O–H groups in total. The van der Waals surface area contributed by atoms with Gasteiger partial charge in [0.2, 0.25) is 11.7 Å². The molecule has 0 saturated heterocycles. The number of aromatic nitrogens is 3. The molecule has 2 heterocycles. The number of ether oxygens (including phenoxy) is 1. The third-order valence-corrected chi connectivity index (χ3v) is 6.32. The molecule has 2 aromatic heterocycles. The van der Waals surface area contributed by atoms with Crippen LogP contribution in [0.1, 0.15) is 41.9 Å². The molecular formula is C24H21ClFN5O4. The molecule has 2 aromatic carbocycles. The van der Waals surface area contributed by atoms with Crippen LogP contribution in [-0.2, 0) is 4.79 Å². The number of nitrogens with zero attached hydrogens (tertiary/aromatic N) is 3. The van der Waals surface area contributed by atoms with Crippen molar-refractivity contribution in [2.75, 3.05) is 7.11 Å². The van der Waals surface area contributed by atoms with Gasteiger partial charge in [-0.15, -0.1) is 0 Å². The van der Waals surface area contributed by atoms with Gasteiger partial charge in [0.05, 0.1) is 30.4 Å². The maximum absolute atomic E-state index is 15.1. The summed E-state index contributed by atoms with van der Waals surface area (Å²) in [6.45, 7) is 1.68. The summed E-state index contributed by atoms with van der Waals surface area (Å²) in [4.78, 5) is 25.4. The van der Waals surface area contributed by atoms with Gasteiger partial charge in [-0.05, 0) is 49.2 Å². The number of benzene rings is 2. The smallest absolute Gasteiger partial charge is 0.290 e. The van der Waals surface area contributed by atoms with Crippen LogP contribution in [0.5, 0.6) is 5.88 Å². The van der Waals surface area contributed by atoms with Crippen molar-refractivity contribution in [3.8, 4) is 11.6 Å². The molecule has 1 atom stereocenters. The molecule has 2 amide bonds. The number of methoxy groups -OCH3 is 1. The summed E-state index contributed by atoms with van der Waals surface area (Å²) in [6, 6.07) is 12.7. The molecule has 180 valence electrons. The fourth-order valence-corrected chi connectivity index (χ4v) is 4.15. The minimum absolute atomic E-state index is 0.0677. The largest absolute Gasteiger partial charge is 0.479 e. The molecule has 1 fully saturated rings. The lowest BCUT2D eigenvalue weighted by atomic mass is 10.1. The minimum Gasteiger partial charge on any atom is -0.479 e. The summed E-state index contributed by atoms with van der Waals surface area (Å²) in [7, 11) is 1.40. The highest BCUT2D eigenvalue weighted by Crippen LogP contribution is 2.37. The summed E-state index contributed by atoms with van der Waals surface area (Å²) in [6.07, 6.45) is 0.911. The van der Waals surface area contributed by atoms with Crippen molar-refractivity contribution in [2.24, 2.45) is 0 Å². The average molecular weight is 498 g/mol. The highest BCUT2D eigenvalue weighted by atomic mass is 35.5. The van der Waals surface area contributed by atoms with E-state index in [4.69, 9.17) is 20.9 Å². The van der Waals surface area contributed by atoms with Crippen molar-refractivity contribution >= 4 is 34.3 Å². The lowest BCUT2D eigenvalue weighted by molar-refractivity contribution is -0.124. The third kappa shape index (κ3) is 4.21. The first-order valence-corrected chi connectivity index (χ1v) is 11.3. The van der Waals surface area contributed by atoms with Gasteiger partial charge in [-0.25, -0.2) is 9.07 Å². The number of amides is 2. The zero-order valence-corrected chi connectivity index (χ0v) is 19.6. The molecule has 0 unspecified atom stereocenters. The van der Waals surface area contributed by atoms with E-state index >= 15 is 4.39 Å². The summed E-state index contributed by atoms with van der Waals surface area (Å²) < 4.78 is 26.5. The molecule has 35 heavy (non-hydrogen) atoms. The summed E-state index contributed by atoms with van der Waals surface area (Å²) in [5.41, 5.74) is 0.474. The Kier molecular flexibility index (Phi) is 5.68. The van der Waals surface area contributed by atoms with Crippen molar-refractivity contribution in [3.05, 3.63) is 70.8 Å². The van der Waals surface area contributed by atoms with Crippen LogP contribution < -0.4 is 15.4 Å². The van der Waals surface area contributed by atoms with E-state index in [-0.39, 0.29) is 11.6 Å². The maximum atomic E-state index is 15.1. The van der Waals surface area contributed by atoms with E-state index in [1.165, 1.54) is 19.2 Å². The first-order chi connectivity index (χ1) is 16.8. The van der Waals surface area contributed by atoms with Crippen molar-refractivity contribution in [1.29, 1.82) is 0 Å². The van der Waals surface area contributed by atoms with Crippen LogP contribution in [0.3, 0.4) is 0 Å². The van der Waals surface area contributed by atoms with E-state index in [9.17, 15) is 9.59 Å². The molecule has 0 spiro atoms. The second-order valence-corrected chi connectivity index (χ2v) is 8.75. The van der Waals surface area contributed by atoms with E-state index < -0.39 is 29.2 Å². The number of fused-ring (bicyclic) bond motifs is 1. The van der Waals surface area contributed by atoms with Gasteiger partial charge in [-0.2, -0.15) is 5.10 Å². The fraction of sp³-hybridized carbons (Fsp3) is 0.250. The standard InChI is InChI=1S/C24H21ClFN5O4/c1-13(27-23(33)24(9-10-24)28-22(32)19-12-20(34-2)30-35-19)15-8-7-14(11-17(15)26)31-18-6-4-3-5-16(18)21(25)29-31/h3-8,11-13H,9-10H2,1-2H3,(H,27,33)(H,28,32)/t13-/m1/s1. The number of nitrogens with one attached hydrogen (secondary N) is 2. The molecule has 1 aliphatic rings. The molecule has 11 heteroatoms. The van der Waals surface area contributed by atoms with Gasteiger partial charge in [0.15, 0.2) is 5.15 Å². The third-order valence-electron chi connectivity index (χ3n) is 6.04. The number of carbonyl (C=O) groups excluding carboxylic acids is 2. The van der Waals surface area contributed by atoms with Gasteiger partial charge >= 0.3 is 0 Å². The van der Waals surface area contributed by atoms with Crippen LogP contribution in [0.4, 0.5) is 4.39 Å². The lowest BCUT2D eigenvalue weighted by Gasteiger charge is -2.21. The Bertz CT molecular complexity index is 1440. The number of hydrogen-bond donors (Lipinski definition) is 2. The number of hydrogen-bond acceptors (Lipinski definition) is 6. The predicted molar refractivity (Wildman–Crippen MR) is 125 cm³/mol. The van der Waals surface area contributed by atoms with Crippen LogP contribution in [0.15, 0.2) is 53.1 Å². The number of halogens is 2. The van der Waals surface area contributed by atoms with E-state index in [0.717, 1.165) is 10.9 Å². The summed E-state index contributed by atoms with van der Waals surface area (Å²) >= 11 is 6.22. The first-order valence-electron chi connectivity index (χ1n) is 10.9. The molecule has 0 aliphatic heterocycles. The van der Waals surface area contributed by atoms with E-state index in [2.05, 4.69) is 20.9 Å². The van der Waals surface area contributed by atoms with Crippen molar-refractivity contribution in [3.63, 3.8) is 0 Å². The Morgan fingerprint density at radius 1 is 1.23 bits per heavy atom. The molecule has 0 radical (unpaired) electrons. The number of rotatable bonds is 7. The maximum Gasteiger partial charge on any atom is 0.290 e. The van der Waals surface area contributed by atoms with Gasteiger partial charge in [0, 0.05) is 10.9 Å². The quantitative estimate of drug-likeness (QED) is 0.400. The van der Waals surface area contributed by atoms with Gasteiger partial charge < -0.3 is 19.9 Å². The van der Waals surface area contributed by atoms with Crippen LogP contribution >= 0.6 is 11.6 Å². The first kappa shape index (κ1) is 22.9. The van der Waals surface area contributed by atoms with E-state index in [1.54, 1.807) is 23.7 Å². The zero-order valence-electron chi connectivity index (χ0n) is 18.8. The Morgan fingerprint density at radius 3 is 2.69 bits per heavy atom. The second kappa shape index (κ2) is 8.70. The molecule has 0 bridgehead atoms. The molecule has 1 aliphatic carbocycles. The Morgan fingerprint density at radius 2 is 2.00 bits per heavy atom. The fourth-order valence-electron chi connectivity index (χ4n) is 3.91. The van der Waals surface area contributed by atoms with Gasteiger partial charge in [0.25, 0.3) is 11.8 Å². The van der Waals surface area contributed by atoms with Crippen LogP contribution in [0, 0.1) is 5.82 Å². The van der Waals surface area contributed by atoms with Crippen molar-refractivity contribution < 1.29 is 23.2 Å². The number of carbonyl (C=O) groups is 2. The highest BCUT2D eigenvalue weighted by molar-refractivity contribution is 6.34. The minimum atomic E-state index is -1.08. The topological polar surface area (TPSA) is 111 Å². The van der Waals surface area contributed by atoms with E-state index in [1.807, 2.05) is 24.3 Å². The SMILES string of the molecule is COc1cc(C(=O)NC2(C(=O)N[C@H](C)c3ccc(-n4nc(Cl)c5ccccc54)cc3F)CC2)on1. The van der Waals surface area contributed by atoms with Crippen LogP contribution in [-0.4, -0.2) is 39.4 Å². The second-order valence-electron chi connectivity index (χ2n) is 8.39. The lowest BCUT2D eigenvalue weighted by Crippen LogP contribution is -2.49. The van der Waals surface area contributed by atoms with Crippen LogP contribution in [0.25, 0.3) is 16.6 Å². The van der Waals surface area contributed by atoms with Gasteiger partial charge in [-0.3, -0.25) is 9.59 Å². The van der Waals surface area contributed by atoms with Crippen LogP contribution in [0.2, 0.25) is 5.15 Å². The Balaban J connectivity index is 1.30. The van der Waals surface area contributed by atoms with Crippen molar-refractivity contribution in [1.82, 2.24) is 25.6 Å². The summed E-state index contributed by atoms with van der Waals surface area (Å²) in [5, 5.41) is 14.5. The highest BCUT2D eigenvalue weighted by Gasteiger charge is 2.52. The van der Waals surface area contributed by atoms with Gasteiger partial charge in [0.1, 0.15) is 11.4 Å². The zero-order chi connectivity index (χ0) is 24.7. The molecule has 4 aromatic rings. The molecule has 9 nitrogen and oxygen atoms in total. The Labute approximate surface area is 204 Å². The van der Waals surface area contributed by atoms with Gasteiger partial charge in [-0.1, -0.05) is 29.8 Å². The summed E-state index contributed by atoms with van der Waals surface area (Å²) in [5.74, 6) is -1.40. The van der Waals surface area contributed by atoms with Crippen molar-refractivity contribution in [2.45, 2.75) is 31.3 Å². The monoisotopic (exact) mass is 497 g/mol. The number of para-hydroxylation sites is 1. The Hall–Kier alpha value is -3.92. The average Bonchev–Trinajstić information content (AvgIpc) is 3.33. The molecular weight excluding hydrogens is 477 g/mol. The molecule has 5 rings (SSSR count). The molecule has 1 saturated carbocycles. The van der Waals surface area contributed by atoms with E-state index in [0.29, 0.717) is 29.2 Å².